The highest BCUT2D eigenvalue weighted by atomic mass is 35.5. The first kappa shape index (κ1) is 37.8. The zero-order valence-electron chi connectivity index (χ0n) is 28.2. The van der Waals surface area contributed by atoms with E-state index in [0.29, 0.717) is 53.5 Å². The number of nitrogens with zero attached hydrogens (tertiary/aromatic N) is 2. The molecular formula is C36H33Cl3N2O9S. The van der Waals surface area contributed by atoms with Gasteiger partial charge in [0.15, 0.2) is 34.4 Å². The van der Waals surface area contributed by atoms with Gasteiger partial charge in [-0.3, -0.25) is 9.36 Å². The largest absolute Gasteiger partial charge is 0.493 e. The number of benzene rings is 3. The molecule has 0 saturated carbocycles. The molecule has 51 heavy (non-hydrogen) atoms. The number of esters is 2. The third-order valence-corrected chi connectivity index (χ3v) is 9.59. The zero-order chi connectivity index (χ0) is 36.8. The van der Waals surface area contributed by atoms with Gasteiger partial charge in [-0.25, -0.2) is 14.6 Å². The summed E-state index contributed by atoms with van der Waals surface area (Å²) in [5, 5.41) is 1.08. The Labute approximate surface area is 312 Å². The van der Waals surface area contributed by atoms with Gasteiger partial charge in [0.25, 0.3) is 5.56 Å². The lowest BCUT2D eigenvalue weighted by molar-refractivity contribution is -0.143. The molecule has 1 aromatic heterocycles. The van der Waals surface area contributed by atoms with E-state index in [1.165, 1.54) is 18.8 Å². The molecule has 4 aromatic rings. The van der Waals surface area contributed by atoms with Crippen LogP contribution in [0.25, 0.3) is 6.08 Å². The lowest BCUT2D eigenvalue weighted by atomic mass is 9.95. The molecule has 3 aromatic carbocycles. The Balaban J connectivity index is 1.58. The van der Waals surface area contributed by atoms with E-state index >= 15 is 0 Å². The second kappa shape index (κ2) is 16.7. The van der Waals surface area contributed by atoms with Gasteiger partial charge in [0.05, 0.1) is 64.3 Å². The molecule has 0 spiro atoms. The SMILES string of the molecule is CCOC(=O)C1=C(C)N=c2s/c(=C\c3cc(Cl)c(OCc4ccc(Cl)c(Cl)c4)c(OC)c3)c(=O)n2[C@@H]1c1ccc(OCC(=O)OC)c(OCC)c1. The van der Waals surface area contributed by atoms with Gasteiger partial charge in [-0.1, -0.05) is 58.3 Å². The molecule has 0 bridgehead atoms. The van der Waals surface area contributed by atoms with Crippen molar-refractivity contribution in [2.75, 3.05) is 34.0 Å². The summed E-state index contributed by atoms with van der Waals surface area (Å²) >= 11 is 20.0. The second-order valence-electron chi connectivity index (χ2n) is 10.9. The molecule has 268 valence electrons. The minimum Gasteiger partial charge on any atom is -0.493 e. The van der Waals surface area contributed by atoms with Gasteiger partial charge >= 0.3 is 11.9 Å². The van der Waals surface area contributed by atoms with E-state index in [1.807, 2.05) is 0 Å². The number of halogens is 3. The Morgan fingerprint density at radius 3 is 2.37 bits per heavy atom. The molecule has 0 fully saturated rings. The van der Waals surface area contributed by atoms with Gasteiger partial charge in [0.2, 0.25) is 0 Å². The number of carbonyl (C=O) groups excluding carboxylic acids is 2. The Morgan fingerprint density at radius 2 is 1.69 bits per heavy atom. The topological polar surface area (TPSA) is 124 Å². The van der Waals surface area contributed by atoms with Gasteiger partial charge in [-0.05, 0) is 79.9 Å². The van der Waals surface area contributed by atoms with Crippen LogP contribution < -0.4 is 33.8 Å². The fourth-order valence-electron chi connectivity index (χ4n) is 5.28. The molecule has 15 heteroatoms. The number of carbonyl (C=O) groups is 2. The Kier molecular flexibility index (Phi) is 12.4. The van der Waals surface area contributed by atoms with Crippen LogP contribution in [0.5, 0.6) is 23.0 Å². The monoisotopic (exact) mass is 774 g/mol. The lowest BCUT2D eigenvalue weighted by Gasteiger charge is -2.25. The molecule has 0 aliphatic carbocycles. The third-order valence-electron chi connectivity index (χ3n) is 7.59. The number of methoxy groups -OCH3 is 2. The van der Waals surface area contributed by atoms with Crippen molar-refractivity contribution < 1.29 is 38.0 Å². The summed E-state index contributed by atoms with van der Waals surface area (Å²) < 4.78 is 34.9. The average Bonchev–Trinajstić information content (AvgIpc) is 3.41. The first-order valence-corrected chi connectivity index (χ1v) is 17.5. The normalized spacial score (nSPS) is 14.0. The van der Waals surface area contributed by atoms with Crippen LogP contribution in [0.2, 0.25) is 15.1 Å². The smallest absolute Gasteiger partial charge is 0.343 e. The number of aromatic nitrogens is 1. The number of hydrogen-bond acceptors (Lipinski definition) is 11. The predicted molar refractivity (Wildman–Crippen MR) is 194 cm³/mol. The van der Waals surface area contributed by atoms with E-state index in [1.54, 1.807) is 75.4 Å². The molecule has 0 unspecified atom stereocenters. The van der Waals surface area contributed by atoms with Gasteiger partial charge in [-0.15, -0.1) is 0 Å². The fraction of sp³-hybridized carbons (Fsp3) is 0.278. The van der Waals surface area contributed by atoms with Crippen molar-refractivity contribution in [2.45, 2.75) is 33.4 Å². The molecule has 1 aliphatic heterocycles. The van der Waals surface area contributed by atoms with Gasteiger partial charge in [0, 0.05) is 0 Å². The van der Waals surface area contributed by atoms with Crippen molar-refractivity contribution >= 4 is 64.2 Å². The summed E-state index contributed by atoms with van der Waals surface area (Å²) in [5.74, 6) is 0.0609. The van der Waals surface area contributed by atoms with E-state index in [-0.39, 0.29) is 42.8 Å². The molecular weight excluding hydrogens is 743 g/mol. The maximum absolute atomic E-state index is 14.2. The Morgan fingerprint density at radius 1 is 0.902 bits per heavy atom. The number of allylic oxidation sites excluding steroid dienone is 1. The molecule has 11 nitrogen and oxygen atoms in total. The molecule has 0 N–H and O–H groups in total. The standard InChI is InChI=1S/C36H33Cl3N2O9S/c1-6-47-27-16-22(9-11-26(27)49-18-30(42)46-5)32-31(35(44)48-7-2)19(3)40-36-41(32)34(43)29(51-36)15-21-13-25(39)33(28(14-21)45-4)50-17-20-8-10-23(37)24(38)12-20/h8-16,32H,6-7,17-18H2,1-5H3/b29-15-/t32-/m1/s1. The van der Waals surface area contributed by atoms with Crippen molar-refractivity contribution in [3.63, 3.8) is 0 Å². The highest BCUT2D eigenvalue weighted by Crippen LogP contribution is 2.38. The molecule has 0 radical (unpaired) electrons. The quantitative estimate of drug-likeness (QED) is 0.144. The number of thiazole rings is 1. The highest BCUT2D eigenvalue weighted by molar-refractivity contribution is 7.07. The molecule has 1 atom stereocenters. The van der Waals surface area contributed by atoms with Crippen LogP contribution in [0.4, 0.5) is 0 Å². The predicted octanol–water partition coefficient (Wildman–Crippen LogP) is 6.30. The summed E-state index contributed by atoms with van der Waals surface area (Å²) in [6, 6.07) is 12.6. The van der Waals surface area contributed by atoms with Crippen molar-refractivity contribution in [3.8, 4) is 23.0 Å². The number of hydrogen-bond donors (Lipinski definition) is 0. The van der Waals surface area contributed by atoms with Crippen LogP contribution >= 0.6 is 46.1 Å². The molecule has 0 saturated heterocycles. The molecule has 0 amide bonds. The van der Waals surface area contributed by atoms with Gasteiger partial charge in [-0.2, -0.15) is 0 Å². The summed E-state index contributed by atoms with van der Waals surface area (Å²) in [7, 11) is 2.74. The zero-order valence-corrected chi connectivity index (χ0v) is 31.3. The Bertz CT molecular complexity index is 2200. The van der Waals surface area contributed by atoms with Crippen LogP contribution in [0.3, 0.4) is 0 Å². The summed E-state index contributed by atoms with van der Waals surface area (Å²) in [4.78, 5) is 44.4. The molecule has 5 rings (SSSR count). The van der Waals surface area contributed by atoms with E-state index in [9.17, 15) is 14.4 Å². The minimum atomic E-state index is -0.924. The first-order valence-electron chi connectivity index (χ1n) is 15.6. The summed E-state index contributed by atoms with van der Waals surface area (Å²) in [6.45, 7) is 5.40. The number of fused-ring (bicyclic) bond motifs is 1. The maximum atomic E-state index is 14.2. The van der Waals surface area contributed by atoms with Crippen LogP contribution in [-0.4, -0.2) is 50.5 Å². The average molecular weight is 776 g/mol. The maximum Gasteiger partial charge on any atom is 0.343 e. The fourth-order valence-corrected chi connectivity index (χ4v) is 6.93. The van der Waals surface area contributed by atoms with E-state index in [0.717, 1.165) is 16.9 Å². The highest BCUT2D eigenvalue weighted by Gasteiger charge is 2.34. The molecule has 2 heterocycles. The third kappa shape index (κ3) is 8.36. The van der Waals surface area contributed by atoms with Crippen LogP contribution in [0, 0.1) is 0 Å². The Hall–Kier alpha value is -4.49. The van der Waals surface area contributed by atoms with Crippen molar-refractivity contribution in [1.82, 2.24) is 4.57 Å². The van der Waals surface area contributed by atoms with Crippen molar-refractivity contribution in [2.24, 2.45) is 4.99 Å². The van der Waals surface area contributed by atoms with Crippen LogP contribution in [0.1, 0.15) is 43.5 Å². The van der Waals surface area contributed by atoms with Crippen LogP contribution in [-0.2, 0) is 25.7 Å². The van der Waals surface area contributed by atoms with E-state index < -0.39 is 23.5 Å². The van der Waals surface area contributed by atoms with Gasteiger partial charge < -0.3 is 28.4 Å². The van der Waals surface area contributed by atoms with Crippen LogP contribution in [0.15, 0.2) is 69.6 Å². The minimum absolute atomic E-state index is 0.118. The van der Waals surface area contributed by atoms with Gasteiger partial charge in [0.1, 0.15) is 6.61 Å². The molecule has 1 aliphatic rings. The summed E-state index contributed by atoms with van der Waals surface area (Å²) in [6.07, 6.45) is 1.66. The lowest BCUT2D eigenvalue weighted by Crippen LogP contribution is -2.40. The van der Waals surface area contributed by atoms with Crippen molar-refractivity contribution in [1.29, 1.82) is 0 Å². The van der Waals surface area contributed by atoms with E-state index in [2.05, 4.69) is 9.73 Å². The van der Waals surface area contributed by atoms with Crippen molar-refractivity contribution in [3.05, 3.63) is 111 Å². The number of ether oxygens (including phenoxy) is 6. The number of rotatable bonds is 13. The summed E-state index contributed by atoms with van der Waals surface area (Å²) in [5.41, 5.74) is 2.04. The second-order valence-corrected chi connectivity index (χ2v) is 13.1. The van der Waals surface area contributed by atoms with E-state index in [4.69, 9.17) is 58.5 Å². The first-order chi connectivity index (χ1) is 24.5.